The normalized spacial score (nSPS) is 10.6. The Morgan fingerprint density at radius 2 is 1.58 bits per heavy atom. The molecular formula is C26H25ClN4O5. The third kappa shape index (κ3) is 5.06. The summed E-state index contributed by atoms with van der Waals surface area (Å²) in [4.78, 5) is 18.2. The van der Waals surface area contributed by atoms with Gasteiger partial charge >= 0.3 is 0 Å². The average molecular weight is 509 g/mol. The molecule has 186 valence electrons. The first-order valence-electron chi connectivity index (χ1n) is 10.9. The number of carbonyl (C=O) groups is 1. The number of nitrogens with zero attached hydrogens (tertiary/aromatic N) is 3. The molecule has 0 aliphatic heterocycles. The van der Waals surface area contributed by atoms with E-state index in [0.717, 1.165) is 5.56 Å². The molecule has 0 atom stereocenters. The van der Waals surface area contributed by atoms with E-state index >= 15 is 0 Å². The van der Waals surface area contributed by atoms with E-state index in [-0.39, 0.29) is 11.5 Å². The molecule has 0 aliphatic carbocycles. The SMILES string of the molecule is COc1ccc(-c2nc(NCc3ccccc3Cl)n(C(=O)c3cc(OC)c(OC)c(OC)c3)n2)cc1. The van der Waals surface area contributed by atoms with Gasteiger partial charge in [-0.3, -0.25) is 4.79 Å². The fourth-order valence-corrected chi connectivity index (χ4v) is 3.78. The Morgan fingerprint density at radius 1 is 0.917 bits per heavy atom. The maximum absolute atomic E-state index is 13.6. The second-order valence-electron chi connectivity index (χ2n) is 7.56. The number of benzene rings is 3. The maximum atomic E-state index is 13.6. The molecule has 0 saturated carbocycles. The van der Waals surface area contributed by atoms with Gasteiger partial charge in [0, 0.05) is 22.7 Å². The van der Waals surface area contributed by atoms with Gasteiger partial charge in [0.15, 0.2) is 17.3 Å². The van der Waals surface area contributed by atoms with Crippen molar-refractivity contribution in [1.29, 1.82) is 0 Å². The minimum Gasteiger partial charge on any atom is -0.497 e. The number of halogens is 1. The van der Waals surface area contributed by atoms with Crippen molar-refractivity contribution in [3.63, 3.8) is 0 Å². The number of ether oxygens (including phenoxy) is 4. The van der Waals surface area contributed by atoms with Crippen molar-refractivity contribution in [3.8, 4) is 34.4 Å². The molecule has 0 aliphatic rings. The van der Waals surface area contributed by atoms with Crippen LogP contribution in [0.5, 0.6) is 23.0 Å². The average Bonchev–Trinajstić information content (AvgIpc) is 3.35. The molecule has 36 heavy (non-hydrogen) atoms. The molecule has 4 rings (SSSR count). The third-order valence-electron chi connectivity index (χ3n) is 5.45. The lowest BCUT2D eigenvalue weighted by Crippen LogP contribution is -2.18. The van der Waals surface area contributed by atoms with Crippen LogP contribution >= 0.6 is 11.6 Å². The molecule has 0 saturated heterocycles. The Balaban J connectivity index is 1.76. The van der Waals surface area contributed by atoms with Crippen molar-refractivity contribution in [2.45, 2.75) is 6.54 Å². The molecule has 0 spiro atoms. The highest BCUT2D eigenvalue weighted by Crippen LogP contribution is 2.38. The summed E-state index contributed by atoms with van der Waals surface area (Å²) in [6, 6.07) is 17.8. The number of aromatic nitrogens is 3. The van der Waals surface area contributed by atoms with Gasteiger partial charge in [0.2, 0.25) is 11.7 Å². The van der Waals surface area contributed by atoms with E-state index in [4.69, 9.17) is 30.5 Å². The van der Waals surface area contributed by atoms with E-state index in [1.807, 2.05) is 30.3 Å². The molecule has 3 aromatic carbocycles. The maximum Gasteiger partial charge on any atom is 0.281 e. The largest absolute Gasteiger partial charge is 0.497 e. The van der Waals surface area contributed by atoms with Gasteiger partial charge in [0.1, 0.15) is 5.75 Å². The predicted octanol–water partition coefficient (Wildman–Crippen LogP) is 4.93. The van der Waals surface area contributed by atoms with Crippen LogP contribution in [0, 0.1) is 0 Å². The van der Waals surface area contributed by atoms with Gasteiger partial charge < -0.3 is 24.3 Å². The highest BCUT2D eigenvalue weighted by atomic mass is 35.5. The molecule has 0 amide bonds. The van der Waals surface area contributed by atoms with E-state index in [1.165, 1.54) is 26.0 Å². The zero-order valence-electron chi connectivity index (χ0n) is 20.2. The summed E-state index contributed by atoms with van der Waals surface area (Å²) in [5, 5.41) is 8.29. The van der Waals surface area contributed by atoms with E-state index in [9.17, 15) is 4.79 Å². The molecule has 1 N–H and O–H groups in total. The number of nitrogens with one attached hydrogen (secondary N) is 1. The van der Waals surface area contributed by atoms with Crippen LogP contribution in [0.1, 0.15) is 15.9 Å². The number of hydrogen-bond acceptors (Lipinski definition) is 8. The molecule has 10 heteroatoms. The topological polar surface area (TPSA) is 96.7 Å². The van der Waals surface area contributed by atoms with Gasteiger partial charge in [-0.15, -0.1) is 5.10 Å². The summed E-state index contributed by atoms with van der Waals surface area (Å²) in [7, 11) is 6.06. The van der Waals surface area contributed by atoms with E-state index < -0.39 is 5.91 Å². The number of methoxy groups -OCH3 is 4. The predicted molar refractivity (Wildman–Crippen MR) is 137 cm³/mol. The first kappa shape index (κ1) is 24.9. The fraction of sp³-hybridized carbons (Fsp3) is 0.192. The standard InChI is InChI=1S/C26H25ClN4O5/c1-33-19-11-9-16(10-12-19)24-29-26(28-15-17-7-5-6-8-20(17)27)31(30-24)25(32)18-13-21(34-2)23(36-4)22(14-18)35-3/h5-14H,15H2,1-4H3,(H,28,29,30). The molecule has 1 heterocycles. The summed E-state index contributed by atoms with van der Waals surface area (Å²) in [5.74, 6) is 1.94. The van der Waals surface area contributed by atoms with Crippen LogP contribution in [0.2, 0.25) is 5.02 Å². The minimum absolute atomic E-state index is 0.250. The van der Waals surface area contributed by atoms with Crippen LogP contribution in [-0.4, -0.2) is 49.1 Å². The van der Waals surface area contributed by atoms with Crippen LogP contribution in [0.15, 0.2) is 60.7 Å². The van der Waals surface area contributed by atoms with E-state index in [2.05, 4.69) is 15.4 Å². The molecular weight excluding hydrogens is 484 g/mol. The van der Waals surface area contributed by atoms with Gasteiger partial charge in [0.25, 0.3) is 5.91 Å². The molecule has 0 fully saturated rings. The lowest BCUT2D eigenvalue weighted by molar-refractivity contribution is 0.0946. The first-order chi connectivity index (χ1) is 17.5. The summed E-state index contributed by atoms with van der Waals surface area (Å²) in [5.41, 5.74) is 1.84. The summed E-state index contributed by atoms with van der Waals surface area (Å²) < 4.78 is 22.6. The number of hydrogen-bond donors (Lipinski definition) is 1. The van der Waals surface area contributed by atoms with Crippen LogP contribution < -0.4 is 24.3 Å². The Morgan fingerprint density at radius 3 is 2.17 bits per heavy atom. The van der Waals surface area contributed by atoms with Crippen LogP contribution in [0.3, 0.4) is 0 Å². The molecule has 1 aromatic heterocycles. The summed E-state index contributed by atoms with van der Waals surface area (Å²) in [6.45, 7) is 0.336. The second-order valence-corrected chi connectivity index (χ2v) is 7.97. The molecule has 0 bridgehead atoms. The van der Waals surface area contributed by atoms with Crippen molar-refractivity contribution in [2.24, 2.45) is 0 Å². The zero-order chi connectivity index (χ0) is 25.7. The van der Waals surface area contributed by atoms with Crippen LogP contribution in [0.4, 0.5) is 5.95 Å². The second kappa shape index (κ2) is 11.0. The van der Waals surface area contributed by atoms with E-state index in [1.54, 1.807) is 37.4 Å². The van der Waals surface area contributed by atoms with E-state index in [0.29, 0.717) is 46.0 Å². The Labute approximate surface area is 213 Å². The molecule has 0 unspecified atom stereocenters. The lowest BCUT2D eigenvalue weighted by atomic mass is 10.1. The van der Waals surface area contributed by atoms with Gasteiger partial charge in [-0.05, 0) is 48.0 Å². The summed E-state index contributed by atoms with van der Waals surface area (Å²) >= 11 is 6.31. The molecule has 0 radical (unpaired) electrons. The van der Waals surface area contributed by atoms with Crippen LogP contribution in [-0.2, 0) is 6.54 Å². The number of carbonyl (C=O) groups excluding carboxylic acids is 1. The third-order valence-corrected chi connectivity index (χ3v) is 5.82. The first-order valence-corrected chi connectivity index (χ1v) is 11.3. The van der Waals surface area contributed by atoms with Gasteiger partial charge in [-0.2, -0.15) is 9.67 Å². The quantitative estimate of drug-likeness (QED) is 0.340. The Hall–Kier alpha value is -4.24. The summed E-state index contributed by atoms with van der Waals surface area (Å²) in [6.07, 6.45) is 0. The van der Waals surface area contributed by atoms with Crippen molar-refractivity contribution >= 4 is 23.5 Å². The van der Waals surface area contributed by atoms with Gasteiger partial charge in [-0.1, -0.05) is 29.8 Å². The lowest BCUT2D eigenvalue weighted by Gasteiger charge is -2.14. The zero-order valence-corrected chi connectivity index (χ0v) is 21.0. The monoisotopic (exact) mass is 508 g/mol. The highest BCUT2D eigenvalue weighted by Gasteiger charge is 2.23. The Kier molecular flexibility index (Phi) is 7.60. The molecule has 4 aromatic rings. The number of rotatable bonds is 9. The van der Waals surface area contributed by atoms with Crippen molar-refractivity contribution in [1.82, 2.24) is 14.8 Å². The fourth-order valence-electron chi connectivity index (χ4n) is 3.57. The van der Waals surface area contributed by atoms with Gasteiger partial charge in [0.05, 0.1) is 28.4 Å². The van der Waals surface area contributed by atoms with Crippen molar-refractivity contribution in [3.05, 3.63) is 76.8 Å². The minimum atomic E-state index is -0.442. The van der Waals surface area contributed by atoms with Gasteiger partial charge in [-0.25, -0.2) is 0 Å². The van der Waals surface area contributed by atoms with Crippen LogP contribution in [0.25, 0.3) is 11.4 Å². The van der Waals surface area contributed by atoms with Crippen molar-refractivity contribution < 1.29 is 23.7 Å². The highest BCUT2D eigenvalue weighted by molar-refractivity contribution is 6.31. The van der Waals surface area contributed by atoms with Crippen molar-refractivity contribution in [2.75, 3.05) is 33.8 Å². The number of anilines is 1. The Bertz CT molecular complexity index is 1350. The smallest absolute Gasteiger partial charge is 0.281 e. The molecule has 9 nitrogen and oxygen atoms in total.